The Hall–Kier alpha value is -1.85. The van der Waals surface area contributed by atoms with Crippen molar-refractivity contribution in [3.8, 4) is 0 Å². The fourth-order valence-corrected chi connectivity index (χ4v) is 10.1. The van der Waals surface area contributed by atoms with Crippen LogP contribution < -0.4 is 5.32 Å². The largest absolute Gasteiger partial charge is 0.393 e. The van der Waals surface area contributed by atoms with E-state index in [9.17, 15) is 15.0 Å². The molecular formula is C32H46N2O3. The lowest BCUT2D eigenvalue weighted by Crippen LogP contribution is -2.58. The van der Waals surface area contributed by atoms with Gasteiger partial charge < -0.3 is 20.5 Å². The van der Waals surface area contributed by atoms with Crippen molar-refractivity contribution < 1.29 is 15.0 Å². The van der Waals surface area contributed by atoms with E-state index >= 15 is 0 Å². The lowest BCUT2D eigenvalue weighted by Gasteiger charge is -2.62. The standard InChI is InChI=1S/C32H46N2O3/c1-19(4-11-30(37)34-22-6-10-28-20(16-22)13-15-33-28)25-8-9-26-24-7-5-21-17-23(35)12-14-31(21,2)27(24)18-29(36)32(25,26)3/h6,10,13,15-16,19,21,23-27,29,33,35-36H,4-5,7-9,11-12,14,17-18H2,1-3H3,(H,34,37). The lowest BCUT2D eigenvalue weighted by molar-refractivity contribution is -0.174. The number of aliphatic hydroxyl groups is 2. The predicted octanol–water partition coefficient (Wildman–Crippen LogP) is 6.51. The van der Waals surface area contributed by atoms with Crippen LogP contribution in [0.25, 0.3) is 10.9 Å². The van der Waals surface area contributed by atoms with Crippen molar-refractivity contribution in [1.82, 2.24) is 4.98 Å². The van der Waals surface area contributed by atoms with Gasteiger partial charge in [0.1, 0.15) is 0 Å². The van der Waals surface area contributed by atoms with Gasteiger partial charge in [-0.1, -0.05) is 20.8 Å². The summed E-state index contributed by atoms with van der Waals surface area (Å²) >= 11 is 0. The van der Waals surface area contributed by atoms with Crippen molar-refractivity contribution >= 4 is 22.5 Å². The van der Waals surface area contributed by atoms with E-state index in [1.54, 1.807) is 0 Å². The molecule has 4 aliphatic rings. The van der Waals surface area contributed by atoms with Gasteiger partial charge in [0.25, 0.3) is 0 Å². The first kappa shape index (κ1) is 25.4. The maximum atomic E-state index is 12.8. The van der Waals surface area contributed by atoms with E-state index in [0.29, 0.717) is 41.9 Å². The third kappa shape index (κ3) is 4.16. The van der Waals surface area contributed by atoms with Crippen LogP contribution in [0, 0.1) is 46.3 Å². The third-order valence-corrected chi connectivity index (χ3v) is 12.2. The molecule has 1 aromatic carbocycles. The predicted molar refractivity (Wildman–Crippen MR) is 148 cm³/mol. The molecule has 0 radical (unpaired) electrons. The second-order valence-corrected chi connectivity index (χ2v) is 13.7. The molecule has 4 saturated carbocycles. The average molecular weight is 507 g/mol. The molecule has 1 aromatic heterocycles. The van der Waals surface area contributed by atoms with Gasteiger partial charge in [0.2, 0.25) is 5.91 Å². The average Bonchev–Trinajstić information content (AvgIpc) is 3.48. The van der Waals surface area contributed by atoms with Gasteiger partial charge >= 0.3 is 0 Å². The van der Waals surface area contributed by atoms with Crippen LogP contribution in [0.4, 0.5) is 5.69 Å². The van der Waals surface area contributed by atoms with Gasteiger partial charge in [-0.3, -0.25) is 4.79 Å². The van der Waals surface area contributed by atoms with Crippen LogP contribution in [0.2, 0.25) is 0 Å². The molecule has 10 atom stereocenters. The maximum absolute atomic E-state index is 12.8. The van der Waals surface area contributed by atoms with E-state index in [4.69, 9.17) is 0 Å². The lowest BCUT2D eigenvalue weighted by atomic mass is 9.43. The number of aromatic nitrogens is 1. The zero-order chi connectivity index (χ0) is 25.9. The van der Waals surface area contributed by atoms with Gasteiger partial charge in [-0.25, -0.2) is 0 Å². The SMILES string of the molecule is CC(CCC(=O)Nc1ccc2[nH]ccc2c1)C1CCC2C3CCC4CC(O)CCC4(C)C3CC(O)C12C. The fraction of sp³-hybridized carbons (Fsp3) is 0.719. The van der Waals surface area contributed by atoms with Gasteiger partial charge in [0.15, 0.2) is 0 Å². The highest BCUT2D eigenvalue weighted by Gasteiger charge is 2.63. The summed E-state index contributed by atoms with van der Waals surface area (Å²) in [6.45, 7) is 7.19. The molecule has 1 amide bonds. The summed E-state index contributed by atoms with van der Waals surface area (Å²) in [4.78, 5) is 16.0. The third-order valence-electron chi connectivity index (χ3n) is 12.2. The topological polar surface area (TPSA) is 85.4 Å². The number of hydrogen-bond donors (Lipinski definition) is 4. The van der Waals surface area contributed by atoms with Crippen molar-refractivity contribution in [3.63, 3.8) is 0 Å². The quantitative estimate of drug-likeness (QED) is 0.373. The first-order chi connectivity index (χ1) is 17.7. The Morgan fingerprint density at radius 3 is 2.76 bits per heavy atom. The van der Waals surface area contributed by atoms with E-state index in [-0.39, 0.29) is 28.9 Å². The van der Waals surface area contributed by atoms with Crippen molar-refractivity contribution in [3.05, 3.63) is 30.5 Å². The molecule has 4 aliphatic carbocycles. The number of benzene rings is 1. The van der Waals surface area contributed by atoms with E-state index in [2.05, 4.69) is 31.1 Å². The van der Waals surface area contributed by atoms with E-state index < -0.39 is 0 Å². The Labute approximate surface area is 221 Å². The summed E-state index contributed by atoms with van der Waals surface area (Å²) < 4.78 is 0. The minimum Gasteiger partial charge on any atom is -0.393 e. The van der Waals surface area contributed by atoms with Crippen LogP contribution in [0.1, 0.15) is 85.0 Å². The van der Waals surface area contributed by atoms with E-state index in [0.717, 1.165) is 48.7 Å². The molecule has 4 fully saturated rings. The number of rotatable bonds is 5. The molecular weight excluding hydrogens is 460 g/mol. The zero-order valence-electron chi connectivity index (χ0n) is 22.9. The Morgan fingerprint density at radius 1 is 1.08 bits per heavy atom. The fourth-order valence-electron chi connectivity index (χ4n) is 10.1. The Balaban J connectivity index is 1.11. The van der Waals surface area contributed by atoms with Crippen LogP contribution in [-0.4, -0.2) is 33.3 Å². The number of hydrogen-bond acceptors (Lipinski definition) is 3. The number of amides is 1. The number of H-pyrrole nitrogens is 1. The first-order valence-electron chi connectivity index (χ1n) is 14.9. The highest BCUT2D eigenvalue weighted by atomic mass is 16.3. The highest BCUT2D eigenvalue weighted by Crippen LogP contribution is 2.68. The molecule has 6 rings (SSSR count). The second kappa shape index (κ2) is 9.41. The van der Waals surface area contributed by atoms with Crippen LogP contribution in [0.5, 0.6) is 0 Å². The number of aromatic amines is 1. The molecule has 202 valence electrons. The summed E-state index contributed by atoms with van der Waals surface area (Å²) in [6, 6.07) is 8.01. The highest BCUT2D eigenvalue weighted by molar-refractivity contribution is 5.93. The monoisotopic (exact) mass is 506 g/mol. The molecule has 5 heteroatoms. The molecule has 2 aromatic rings. The summed E-state index contributed by atoms with van der Waals surface area (Å²) in [5.74, 6) is 3.45. The normalized spacial score (nSPS) is 42.0. The van der Waals surface area contributed by atoms with Crippen molar-refractivity contribution in [2.24, 2.45) is 46.3 Å². The number of anilines is 1. The Bertz CT molecular complexity index is 1140. The number of carbonyl (C=O) groups excluding carboxylic acids is 1. The molecule has 4 N–H and O–H groups in total. The summed E-state index contributed by atoms with van der Waals surface area (Å²) in [5.41, 5.74) is 2.15. The maximum Gasteiger partial charge on any atom is 0.224 e. The van der Waals surface area contributed by atoms with Crippen LogP contribution in [0.3, 0.4) is 0 Å². The Kier molecular flexibility index (Phi) is 6.47. The summed E-state index contributed by atoms with van der Waals surface area (Å²) in [6.07, 6.45) is 11.7. The second-order valence-electron chi connectivity index (χ2n) is 13.7. The molecule has 37 heavy (non-hydrogen) atoms. The number of carbonyl (C=O) groups is 1. The van der Waals surface area contributed by atoms with Crippen molar-refractivity contribution in [2.45, 2.75) is 97.2 Å². The summed E-state index contributed by atoms with van der Waals surface area (Å²) in [5, 5.41) is 26.3. The van der Waals surface area contributed by atoms with Crippen LogP contribution in [-0.2, 0) is 4.79 Å². The van der Waals surface area contributed by atoms with Gasteiger partial charge in [0, 0.05) is 29.2 Å². The molecule has 1 heterocycles. The first-order valence-corrected chi connectivity index (χ1v) is 14.9. The smallest absolute Gasteiger partial charge is 0.224 e. The molecule has 0 aliphatic heterocycles. The van der Waals surface area contributed by atoms with Crippen LogP contribution >= 0.6 is 0 Å². The van der Waals surface area contributed by atoms with E-state index in [1.165, 1.54) is 25.7 Å². The van der Waals surface area contributed by atoms with Gasteiger partial charge in [-0.05, 0) is 128 Å². The van der Waals surface area contributed by atoms with Gasteiger partial charge in [-0.15, -0.1) is 0 Å². The molecule has 0 saturated heterocycles. The van der Waals surface area contributed by atoms with Gasteiger partial charge in [-0.2, -0.15) is 0 Å². The minimum absolute atomic E-state index is 0.0479. The number of fused-ring (bicyclic) bond motifs is 6. The minimum atomic E-state index is -0.266. The van der Waals surface area contributed by atoms with Crippen molar-refractivity contribution in [1.29, 1.82) is 0 Å². The zero-order valence-corrected chi connectivity index (χ0v) is 22.9. The van der Waals surface area contributed by atoms with Crippen LogP contribution in [0.15, 0.2) is 30.5 Å². The molecule has 5 nitrogen and oxygen atoms in total. The molecule has 0 spiro atoms. The number of aliphatic hydroxyl groups excluding tert-OH is 2. The molecule has 10 unspecified atom stereocenters. The van der Waals surface area contributed by atoms with E-state index in [1.807, 2.05) is 30.5 Å². The number of nitrogens with one attached hydrogen (secondary N) is 2. The molecule has 0 bridgehead atoms. The van der Waals surface area contributed by atoms with Gasteiger partial charge in [0.05, 0.1) is 12.2 Å². The Morgan fingerprint density at radius 2 is 1.92 bits per heavy atom. The van der Waals surface area contributed by atoms with Crippen molar-refractivity contribution in [2.75, 3.05) is 5.32 Å². The summed E-state index contributed by atoms with van der Waals surface area (Å²) in [7, 11) is 0.